The molecule has 9 nitrogen and oxygen atoms in total. The van der Waals surface area contributed by atoms with E-state index >= 15 is 0 Å². The number of carbonyl (C=O) groups is 2. The van der Waals surface area contributed by atoms with Crippen molar-refractivity contribution in [3.05, 3.63) is 59.9 Å². The van der Waals surface area contributed by atoms with Gasteiger partial charge in [-0.05, 0) is 37.0 Å². The minimum atomic E-state index is -0.450. The molecule has 3 N–H and O–H groups in total. The molecule has 0 spiro atoms. The number of hydrogen-bond donors (Lipinski definition) is 3. The first-order chi connectivity index (χ1) is 16.1. The van der Waals surface area contributed by atoms with Gasteiger partial charge in [0.1, 0.15) is 5.82 Å². The Labute approximate surface area is 190 Å². The second-order valence-electron chi connectivity index (χ2n) is 8.44. The van der Waals surface area contributed by atoms with Crippen molar-refractivity contribution in [2.24, 2.45) is 0 Å². The number of nitrogens with one attached hydrogen (secondary N) is 3. The van der Waals surface area contributed by atoms with Gasteiger partial charge in [-0.3, -0.25) is 14.7 Å². The fourth-order valence-corrected chi connectivity index (χ4v) is 4.34. The van der Waals surface area contributed by atoms with E-state index in [2.05, 4.69) is 25.8 Å². The summed E-state index contributed by atoms with van der Waals surface area (Å²) in [5.74, 6) is 2.55. The second kappa shape index (κ2) is 8.93. The number of amides is 2. The number of H-pyrrole nitrogens is 1. The van der Waals surface area contributed by atoms with Gasteiger partial charge in [0.15, 0.2) is 17.3 Å². The van der Waals surface area contributed by atoms with Gasteiger partial charge in [-0.25, -0.2) is 4.98 Å². The number of aromatic amines is 1. The van der Waals surface area contributed by atoms with Gasteiger partial charge in [0.25, 0.3) is 0 Å². The molecule has 0 saturated carbocycles. The van der Waals surface area contributed by atoms with Gasteiger partial charge >= 0.3 is 0 Å². The van der Waals surface area contributed by atoms with Gasteiger partial charge in [-0.2, -0.15) is 5.10 Å². The summed E-state index contributed by atoms with van der Waals surface area (Å²) in [5, 5.41) is 13.1. The summed E-state index contributed by atoms with van der Waals surface area (Å²) in [4.78, 5) is 29.0. The van der Waals surface area contributed by atoms with Gasteiger partial charge in [0, 0.05) is 23.9 Å². The molecular formula is C24H25N5O4. The van der Waals surface area contributed by atoms with Crippen molar-refractivity contribution in [3.8, 4) is 22.9 Å². The summed E-state index contributed by atoms with van der Waals surface area (Å²) < 4.78 is 10.8. The third kappa shape index (κ3) is 4.82. The molecule has 0 aliphatic carbocycles. The molecule has 2 amide bonds. The highest BCUT2D eigenvalue weighted by Gasteiger charge is 2.38. The molecule has 5 rings (SSSR count). The van der Waals surface area contributed by atoms with Gasteiger partial charge in [0.2, 0.25) is 18.6 Å². The van der Waals surface area contributed by atoms with Crippen molar-refractivity contribution >= 4 is 11.8 Å². The third-order valence-corrected chi connectivity index (χ3v) is 6.06. The lowest BCUT2D eigenvalue weighted by Gasteiger charge is -2.29. The smallest absolute Gasteiger partial charge is 0.231 e. The van der Waals surface area contributed by atoms with Crippen LogP contribution >= 0.6 is 0 Å². The molecule has 1 fully saturated rings. The van der Waals surface area contributed by atoms with E-state index in [1.807, 2.05) is 48.5 Å². The number of rotatable bonds is 8. The predicted octanol–water partition coefficient (Wildman–Crippen LogP) is 2.49. The Bertz CT molecular complexity index is 1160. The quantitative estimate of drug-likeness (QED) is 0.488. The minimum absolute atomic E-state index is 0.0197. The van der Waals surface area contributed by atoms with E-state index in [9.17, 15) is 9.59 Å². The summed E-state index contributed by atoms with van der Waals surface area (Å²) in [6.07, 6.45) is 2.63. The van der Waals surface area contributed by atoms with E-state index in [0.717, 1.165) is 16.9 Å². The lowest BCUT2D eigenvalue weighted by Crippen LogP contribution is -2.44. The summed E-state index contributed by atoms with van der Waals surface area (Å²) in [6.45, 7) is 0.485. The largest absolute Gasteiger partial charge is 0.454 e. The Hall–Kier alpha value is -3.88. The number of carbonyl (C=O) groups excluding carboxylic acids is 2. The average Bonchev–Trinajstić information content (AvgIpc) is 3.57. The van der Waals surface area contributed by atoms with Crippen molar-refractivity contribution in [1.82, 2.24) is 25.8 Å². The first kappa shape index (κ1) is 21.0. The van der Waals surface area contributed by atoms with Crippen LogP contribution in [0.2, 0.25) is 0 Å². The van der Waals surface area contributed by atoms with Crippen molar-refractivity contribution in [3.63, 3.8) is 0 Å². The molecule has 1 unspecified atom stereocenters. The molecule has 1 saturated heterocycles. The molecule has 9 heteroatoms. The first-order valence-corrected chi connectivity index (χ1v) is 11.0. The van der Waals surface area contributed by atoms with Crippen LogP contribution in [0.5, 0.6) is 11.5 Å². The van der Waals surface area contributed by atoms with Crippen molar-refractivity contribution in [2.45, 2.75) is 44.2 Å². The lowest BCUT2D eigenvalue weighted by atomic mass is 9.85. The number of benzene rings is 2. The van der Waals surface area contributed by atoms with Crippen LogP contribution in [0.1, 0.15) is 37.1 Å². The van der Waals surface area contributed by atoms with E-state index in [4.69, 9.17) is 9.47 Å². The van der Waals surface area contributed by atoms with Crippen molar-refractivity contribution in [1.29, 1.82) is 0 Å². The Balaban J connectivity index is 1.17. The maximum Gasteiger partial charge on any atom is 0.231 e. The Morgan fingerprint density at radius 3 is 2.79 bits per heavy atom. The Morgan fingerprint density at radius 2 is 1.97 bits per heavy atom. The molecule has 0 radical (unpaired) electrons. The zero-order valence-corrected chi connectivity index (χ0v) is 18.1. The average molecular weight is 447 g/mol. The van der Waals surface area contributed by atoms with Crippen LogP contribution in [-0.4, -0.2) is 39.3 Å². The highest BCUT2D eigenvalue weighted by atomic mass is 16.7. The highest BCUT2D eigenvalue weighted by Crippen LogP contribution is 2.36. The second-order valence-corrected chi connectivity index (χ2v) is 8.44. The maximum atomic E-state index is 12.6. The number of ether oxygens (including phenoxy) is 2. The standard InChI is InChI=1S/C24H25N5O4/c30-21(25-14-20-26-23(29-28-20)17-4-2-1-3-5-17)8-10-24(11-9-22(31)27-24)13-16-6-7-18-19(12-16)33-15-32-18/h1-7,12H,8-11,13-15H2,(H,25,30)(H,27,31)(H,26,28,29). The van der Waals surface area contributed by atoms with E-state index in [1.54, 1.807) is 0 Å². The van der Waals surface area contributed by atoms with E-state index in [1.165, 1.54) is 0 Å². The molecule has 1 aromatic heterocycles. The van der Waals surface area contributed by atoms with E-state index in [-0.39, 0.29) is 25.2 Å². The monoisotopic (exact) mass is 447 g/mol. The van der Waals surface area contributed by atoms with Crippen LogP contribution in [0.15, 0.2) is 48.5 Å². The molecule has 3 heterocycles. The third-order valence-electron chi connectivity index (χ3n) is 6.06. The van der Waals surface area contributed by atoms with Crippen LogP contribution in [0.4, 0.5) is 0 Å². The van der Waals surface area contributed by atoms with Gasteiger partial charge < -0.3 is 20.1 Å². The molecule has 170 valence electrons. The van der Waals surface area contributed by atoms with E-state index in [0.29, 0.717) is 49.5 Å². The van der Waals surface area contributed by atoms with Gasteiger partial charge in [-0.15, -0.1) is 0 Å². The van der Waals surface area contributed by atoms with Crippen molar-refractivity contribution in [2.75, 3.05) is 6.79 Å². The zero-order chi connectivity index (χ0) is 22.7. The summed E-state index contributed by atoms with van der Waals surface area (Å²) in [5.41, 5.74) is 1.50. The number of hydrogen-bond acceptors (Lipinski definition) is 6. The van der Waals surface area contributed by atoms with E-state index < -0.39 is 5.54 Å². The van der Waals surface area contributed by atoms with Crippen LogP contribution in [0.25, 0.3) is 11.4 Å². The first-order valence-electron chi connectivity index (χ1n) is 11.0. The van der Waals surface area contributed by atoms with Crippen LogP contribution in [0, 0.1) is 0 Å². The topological polar surface area (TPSA) is 118 Å². The number of nitrogens with zero attached hydrogens (tertiary/aromatic N) is 2. The van der Waals surface area contributed by atoms with Crippen LogP contribution in [-0.2, 0) is 22.6 Å². The maximum absolute atomic E-state index is 12.6. The molecule has 2 aliphatic rings. The fourth-order valence-electron chi connectivity index (χ4n) is 4.34. The molecule has 1 atom stereocenters. The van der Waals surface area contributed by atoms with Gasteiger partial charge in [-0.1, -0.05) is 36.4 Å². The zero-order valence-electron chi connectivity index (χ0n) is 18.1. The lowest BCUT2D eigenvalue weighted by molar-refractivity contribution is -0.123. The van der Waals surface area contributed by atoms with Crippen LogP contribution in [0.3, 0.4) is 0 Å². The van der Waals surface area contributed by atoms with Crippen molar-refractivity contribution < 1.29 is 19.1 Å². The normalized spacial score (nSPS) is 18.8. The van der Waals surface area contributed by atoms with Crippen LogP contribution < -0.4 is 20.1 Å². The Morgan fingerprint density at radius 1 is 1.12 bits per heavy atom. The fraction of sp³-hybridized carbons (Fsp3) is 0.333. The number of aromatic nitrogens is 3. The minimum Gasteiger partial charge on any atom is -0.454 e. The SMILES string of the molecule is O=C(CCC1(Cc2ccc3c(c2)OCO3)CCC(=O)N1)NCc1nc(-c2ccccc2)n[nH]1. The highest BCUT2D eigenvalue weighted by molar-refractivity contribution is 5.80. The molecule has 33 heavy (non-hydrogen) atoms. The summed E-state index contributed by atoms with van der Waals surface area (Å²) in [7, 11) is 0. The predicted molar refractivity (Wildman–Crippen MR) is 119 cm³/mol. The molecular weight excluding hydrogens is 422 g/mol. The van der Waals surface area contributed by atoms with Gasteiger partial charge in [0.05, 0.1) is 6.54 Å². The molecule has 2 aromatic carbocycles. The molecule has 3 aromatic rings. The molecule has 2 aliphatic heterocycles. The molecule has 0 bridgehead atoms. The number of fused-ring (bicyclic) bond motifs is 1. The Kier molecular flexibility index (Phi) is 5.68. The summed E-state index contributed by atoms with van der Waals surface area (Å²) >= 11 is 0. The summed E-state index contributed by atoms with van der Waals surface area (Å²) in [6, 6.07) is 15.5.